The number of rotatable bonds is 6. The van der Waals surface area contributed by atoms with Crippen LogP contribution in [0.1, 0.15) is 46.5 Å². The van der Waals surface area contributed by atoms with Gasteiger partial charge in [-0.15, -0.1) is 24.0 Å². The fourth-order valence-electron chi connectivity index (χ4n) is 3.65. The van der Waals surface area contributed by atoms with Gasteiger partial charge in [-0.3, -0.25) is 9.89 Å². The molecule has 142 valence electrons. The van der Waals surface area contributed by atoms with Crippen LogP contribution in [0.5, 0.6) is 0 Å². The second-order valence-corrected chi connectivity index (χ2v) is 7.85. The number of halogens is 1. The van der Waals surface area contributed by atoms with E-state index in [1.807, 2.05) is 0 Å². The zero-order valence-corrected chi connectivity index (χ0v) is 18.4. The zero-order valence-electron chi connectivity index (χ0n) is 16.1. The Labute approximate surface area is 166 Å². The monoisotopic (exact) mass is 451 g/mol. The first kappa shape index (κ1) is 22.0. The molecule has 0 spiro atoms. The van der Waals surface area contributed by atoms with Crippen LogP contribution in [-0.2, 0) is 0 Å². The van der Waals surface area contributed by atoms with Gasteiger partial charge in [-0.05, 0) is 72.6 Å². The molecule has 0 aliphatic carbocycles. The summed E-state index contributed by atoms with van der Waals surface area (Å²) in [4.78, 5) is 9.90. The third-order valence-corrected chi connectivity index (χ3v) is 5.23. The molecule has 0 aromatic carbocycles. The molecular weight excluding hydrogens is 413 g/mol. The van der Waals surface area contributed by atoms with Crippen molar-refractivity contribution in [3.63, 3.8) is 0 Å². The van der Waals surface area contributed by atoms with E-state index in [-0.39, 0.29) is 29.5 Å². The average molecular weight is 451 g/mol. The number of nitrogens with one attached hydrogen (secondary N) is 2. The van der Waals surface area contributed by atoms with Crippen molar-refractivity contribution in [1.29, 1.82) is 0 Å². The van der Waals surface area contributed by atoms with Crippen LogP contribution < -0.4 is 10.6 Å². The van der Waals surface area contributed by atoms with E-state index in [9.17, 15) is 0 Å². The normalized spacial score (nSPS) is 23.8. The van der Waals surface area contributed by atoms with Crippen molar-refractivity contribution in [2.24, 2.45) is 10.9 Å². The summed E-state index contributed by atoms with van der Waals surface area (Å²) in [6.45, 7) is 14.5. The second kappa shape index (κ2) is 10.8. The predicted molar refractivity (Wildman–Crippen MR) is 115 cm³/mol. The lowest BCUT2D eigenvalue weighted by atomic mass is 9.99. The Morgan fingerprint density at radius 2 is 1.83 bits per heavy atom. The van der Waals surface area contributed by atoms with E-state index in [0.29, 0.717) is 0 Å². The van der Waals surface area contributed by atoms with Gasteiger partial charge < -0.3 is 15.5 Å². The third-order valence-electron chi connectivity index (χ3n) is 5.23. The van der Waals surface area contributed by atoms with E-state index in [0.717, 1.165) is 31.5 Å². The standard InChI is InChI=1S/C18H37N5.HI/c1-5-19-17(20-13-16-9-12-22(4)14-16)21-15-18(2,3)23-10-7-6-8-11-23;/h16H,5-15H2,1-4H3,(H2,19,20,21);1H. The molecule has 2 fully saturated rings. The van der Waals surface area contributed by atoms with Gasteiger partial charge in [0.15, 0.2) is 5.96 Å². The average Bonchev–Trinajstić information content (AvgIpc) is 2.96. The summed E-state index contributed by atoms with van der Waals surface area (Å²) < 4.78 is 0. The minimum atomic E-state index is 0. The molecule has 2 aliphatic heterocycles. The molecule has 24 heavy (non-hydrogen) atoms. The number of piperidine rings is 1. The van der Waals surface area contributed by atoms with Crippen LogP contribution in [0.15, 0.2) is 4.99 Å². The first-order chi connectivity index (χ1) is 11.0. The van der Waals surface area contributed by atoms with E-state index in [2.05, 4.69) is 48.3 Å². The van der Waals surface area contributed by atoms with Gasteiger partial charge in [0.1, 0.15) is 0 Å². The highest BCUT2D eigenvalue weighted by Gasteiger charge is 2.27. The Hall–Kier alpha value is -0.0800. The Balaban J connectivity index is 0.00000288. The molecule has 5 nitrogen and oxygen atoms in total. The van der Waals surface area contributed by atoms with Crippen molar-refractivity contribution in [3.8, 4) is 0 Å². The van der Waals surface area contributed by atoms with E-state index in [1.165, 1.54) is 51.9 Å². The molecule has 2 rings (SSSR count). The van der Waals surface area contributed by atoms with Crippen LogP contribution in [0.25, 0.3) is 0 Å². The molecule has 6 heteroatoms. The van der Waals surface area contributed by atoms with Crippen molar-refractivity contribution in [3.05, 3.63) is 0 Å². The maximum Gasteiger partial charge on any atom is 0.191 e. The summed E-state index contributed by atoms with van der Waals surface area (Å²) in [6, 6.07) is 0. The molecule has 2 N–H and O–H groups in total. The number of likely N-dealkylation sites (tertiary alicyclic amines) is 2. The van der Waals surface area contributed by atoms with Gasteiger partial charge in [0, 0.05) is 25.2 Å². The van der Waals surface area contributed by atoms with E-state index in [1.54, 1.807) is 0 Å². The van der Waals surface area contributed by atoms with Gasteiger partial charge in [0.2, 0.25) is 0 Å². The van der Waals surface area contributed by atoms with Crippen molar-refractivity contribution in [2.45, 2.75) is 52.0 Å². The van der Waals surface area contributed by atoms with E-state index in [4.69, 9.17) is 4.99 Å². The first-order valence-corrected chi connectivity index (χ1v) is 9.47. The highest BCUT2D eigenvalue weighted by atomic mass is 127. The Bertz CT molecular complexity index is 380. The molecule has 1 unspecified atom stereocenters. The van der Waals surface area contributed by atoms with E-state index >= 15 is 0 Å². The minimum absolute atomic E-state index is 0. The number of hydrogen-bond donors (Lipinski definition) is 2. The van der Waals surface area contributed by atoms with Gasteiger partial charge in [0.25, 0.3) is 0 Å². The van der Waals surface area contributed by atoms with Crippen LogP contribution in [0, 0.1) is 5.92 Å². The summed E-state index contributed by atoms with van der Waals surface area (Å²) in [6.07, 6.45) is 5.35. The molecule has 1 atom stereocenters. The van der Waals surface area contributed by atoms with E-state index < -0.39 is 0 Å². The molecule has 0 amide bonds. The van der Waals surface area contributed by atoms with Gasteiger partial charge in [-0.2, -0.15) is 0 Å². The fraction of sp³-hybridized carbons (Fsp3) is 0.944. The molecule has 2 aliphatic rings. The number of aliphatic imine (C=N–C) groups is 1. The molecule has 0 bridgehead atoms. The van der Waals surface area contributed by atoms with Crippen molar-refractivity contribution in [1.82, 2.24) is 20.4 Å². The summed E-state index contributed by atoms with van der Waals surface area (Å²) in [5, 5.41) is 6.95. The van der Waals surface area contributed by atoms with Crippen molar-refractivity contribution in [2.75, 3.05) is 52.9 Å². The molecule has 0 aromatic rings. The van der Waals surface area contributed by atoms with Gasteiger partial charge in [-0.1, -0.05) is 6.42 Å². The number of hydrogen-bond acceptors (Lipinski definition) is 3. The summed E-state index contributed by atoms with van der Waals surface area (Å²) in [5.41, 5.74) is 0.149. The number of nitrogens with zero attached hydrogens (tertiary/aromatic N) is 3. The summed E-state index contributed by atoms with van der Waals surface area (Å²) >= 11 is 0. The first-order valence-electron chi connectivity index (χ1n) is 9.47. The molecule has 0 aromatic heterocycles. The minimum Gasteiger partial charge on any atom is -0.357 e. The maximum atomic E-state index is 4.88. The Kier molecular flexibility index (Phi) is 9.89. The van der Waals surface area contributed by atoms with Crippen LogP contribution >= 0.6 is 24.0 Å². The van der Waals surface area contributed by atoms with Gasteiger partial charge >= 0.3 is 0 Å². The van der Waals surface area contributed by atoms with Crippen LogP contribution in [0.2, 0.25) is 0 Å². The maximum absolute atomic E-state index is 4.88. The van der Waals surface area contributed by atoms with Crippen LogP contribution in [0.3, 0.4) is 0 Å². The lowest BCUT2D eigenvalue weighted by Gasteiger charge is -2.40. The van der Waals surface area contributed by atoms with Gasteiger partial charge in [0.05, 0.1) is 6.54 Å². The smallest absolute Gasteiger partial charge is 0.191 e. The molecular formula is C18H38IN5. The zero-order chi connectivity index (χ0) is 16.7. The fourth-order valence-corrected chi connectivity index (χ4v) is 3.65. The van der Waals surface area contributed by atoms with Crippen molar-refractivity contribution < 1.29 is 0 Å². The van der Waals surface area contributed by atoms with Gasteiger partial charge in [-0.25, -0.2) is 0 Å². The Morgan fingerprint density at radius 3 is 2.42 bits per heavy atom. The summed E-state index contributed by atoms with van der Waals surface area (Å²) in [7, 11) is 2.21. The molecule has 2 heterocycles. The highest BCUT2D eigenvalue weighted by molar-refractivity contribution is 14.0. The topological polar surface area (TPSA) is 42.9 Å². The van der Waals surface area contributed by atoms with Crippen LogP contribution in [-0.4, -0.2) is 74.2 Å². The lowest BCUT2D eigenvalue weighted by Crippen LogP contribution is -2.49. The second-order valence-electron chi connectivity index (χ2n) is 7.85. The lowest BCUT2D eigenvalue weighted by molar-refractivity contribution is 0.102. The quantitative estimate of drug-likeness (QED) is 0.370. The summed E-state index contributed by atoms with van der Waals surface area (Å²) in [5.74, 6) is 1.73. The third kappa shape index (κ3) is 7.04. The van der Waals surface area contributed by atoms with Crippen LogP contribution in [0.4, 0.5) is 0 Å². The molecule has 0 saturated carbocycles. The number of guanidine groups is 1. The molecule has 0 radical (unpaired) electrons. The largest absolute Gasteiger partial charge is 0.357 e. The Morgan fingerprint density at radius 1 is 1.12 bits per heavy atom. The molecule has 2 saturated heterocycles. The SMILES string of the molecule is CCNC(=NCC(C)(C)N1CCCCC1)NCC1CCN(C)C1.I. The van der Waals surface area contributed by atoms with Crippen molar-refractivity contribution >= 4 is 29.9 Å². The predicted octanol–water partition coefficient (Wildman–Crippen LogP) is 2.38. The highest BCUT2D eigenvalue weighted by Crippen LogP contribution is 2.20.